The van der Waals surface area contributed by atoms with Crippen LogP contribution in [0.25, 0.3) is 105 Å². The highest BCUT2D eigenvalue weighted by atomic mass is 15.0. The summed E-state index contributed by atoms with van der Waals surface area (Å²) in [4.78, 5) is 10.7. The fourth-order valence-electron chi connectivity index (χ4n) is 8.42. The SMILES string of the molecule is c1ccc(-c2cc(-c3ccccc3)nc(-c3cc(-c4ccccc4)c(-n4c5cc6ccccc6cc5c5c6ccccc6ccc54)c4ccccc34)n2)cc1. The van der Waals surface area contributed by atoms with E-state index in [0.29, 0.717) is 5.82 Å². The molecule has 0 N–H and O–H groups in total. The number of nitrogens with zero attached hydrogens (tertiary/aromatic N) is 3. The minimum atomic E-state index is 0.694. The summed E-state index contributed by atoms with van der Waals surface area (Å²) in [6, 6.07) is 71.5. The van der Waals surface area contributed by atoms with E-state index in [4.69, 9.17) is 9.97 Å². The van der Waals surface area contributed by atoms with Crippen LogP contribution < -0.4 is 0 Å². The van der Waals surface area contributed by atoms with E-state index in [2.05, 4.69) is 193 Å². The summed E-state index contributed by atoms with van der Waals surface area (Å²) < 4.78 is 2.51. The highest BCUT2D eigenvalue weighted by Crippen LogP contribution is 2.45. The third-order valence-corrected chi connectivity index (χ3v) is 11.0. The number of hydrogen-bond donors (Lipinski definition) is 0. The molecular weight excluding hydrogens is 667 g/mol. The first-order chi connectivity index (χ1) is 27.3. The van der Waals surface area contributed by atoms with Gasteiger partial charge < -0.3 is 4.57 Å². The van der Waals surface area contributed by atoms with E-state index in [9.17, 15) is 0 Å². The number of rotatable bonds is 5. The van der Waals surface area contributed by atoms with Gasteiger partial charge in [0.25, 0.3) is 0 Å². The highest BCUT2D eigenvalue weighted by Gasteiger charge is 2.23. The third-order valence-electron chi connectivity index (χ3n) is 11.0. The molecule has 0 aliphatic heterocycles. The first kappa shape index (κ1) is 31.2. The molecule has 11 rings (SSSR count). The standard InChI is InChI=1S/C52H33N3/c1-4-16-34(17-5-1)43-32-44(52-53-46(36-19-6-2-7-20-36)33-47(54-52)37-21-8-3-9-22-37)41-26-14-15-27-42(41)51(43)55-48-29-28-35-18-12-13-25-40(35)50(48)45-30-38-23-10-11-24-39(38)31-49(45)55/h1-33H. The second kappa shape index (κ2) is 12.6. The van der Waals surface area contributed by atoms with Crippen molar-refractivity contribution in [3.05, 3.63) is 200 Å². The summed E-state index contributed by atoms with van der Waals surface area (Å²) in [5.41, 5.74) is 10.6. The fraction of sp³-hybridized carbons (Fsp3) is 0. The molecule has 0 spiro atoms. The Morgan fingerprint density at radius 2 is 0.855 bits per heavy atom. The maximum Gasteiger partial charge on any atom is 0.161 e. The van der Waals surface area contributed by atoms with Crippen LogP contribution in [0.5, 0.6) is 0 Å². The van der Waals surface area contributed by atoms with E-state index in [1.807, 2.05) is 12.1 Å². The van der Waals surface area contributed by atoms with Crippen molar-refractivity contribution in [3.63, 3.8) is 0 Å². The van der Waals surface area contributed by atoms with Crippen molar-refractivity contribution in [2.75, 3.05) is 0 Å². The molecule has 2 heterocycles. The van der Waals surface area contributed by atoms with Crippen molar-refractivity contribution in [1.29, 1.82) is 0 Å². The zero-order valence-electron chi connectivity index (χ0n) is 29.9. The smallest absolute Gasteiger partial charge is 0.161 e. The largest absolute Gasteiger partial charge is 0.308 e. The van der Waals surface area contributed by atoms with E-state index < -0.39 is 0 Å². The Hall–Kier alpha value is -7.36. The molecule has 11 aromatic rings. The lowest BCUT2D eigenvalue weighted by molar-refractivity contribution is 1.18. The molecule has 0 radical (unpaired) electrons. The van der Waals surface area contributed by atoms with E-state index >= 15 is 0 Å². The molecular formula is C52H33N3. The van der Waals surface area contributed by atoms with Gasteiger partial charge in [0, 0.05) is 38.4 Å². The Morgan fingerprint density at radius 1 is 0.327 bits per heavy atom. The van der Waals surface area contributed by atoms with Crippen LogP contribution >= 0.6 is 0 Å². The predicted octanol–water partition coefficient (Wildman–Crippen LogP) is 13.7. The average Bonchev–Trinajstić information content (AvgIpc) is 3.58. The monoisotopic (exact) mass is 699 g/mol. The molecule has 0 atom stereocenters. The molecule has 0 saturated heterocycles. The molecule has 0 fully saturated rings. The topological polar surface area (TPSA) is 30.7 Å². The number of fused-ring (bicyclic) bond motifs is 7. The van der Waals surface area contributed by atoms with Crippen molar-refractivity contribution in [3.8, 4) is 50.7 Å². The normalized spacial score (nSPS) is 11.6. The lowest BCUT2D eigenvalue weighted by Gasteiger charge is -2.20. The molecule has 55 heavy (non-hydrogen) atoms. The Kier molecular flexibility index (Phi) is 7.17. The van der Waals surface area contributed by atoms with Crippen LogP contribution in [0.2, 0.25) is 0 Å². The first-order valence-electron chi connectivity index (χ1n) is 18.7. The summed E-state index contributed by atoms with van der Waals surface area (Å²) in [7, 11) is 0. The minimum absolute atomic E-state index is 0.694. The van der Waals surface area contributed by atoms with E-state index in [1.165, 1.54) is 43.4 Å². The van der Waals surface area contributed by atoms with E-state index in [1.54, 1.807) is 0 Å². The van der Waals surface area contributed by atoms with Gasteiger partial charge in [0.1, 0.15) is 0 Å². The first-order valence-corrected chi connectivity index (χ1v) is 18.7. The summed E-state index contributed by atoms with van der Waals surface area (Å²) >= 11 is 0. The fourth-order valence-corrected chi connectivity index (χ4v) is 8.42. The van der Waals surface area contributed by atoms with Crippen LogP contribution in [0.1, 0.15) is 0 Å². The van der Waals surface area contributed by atoms with Gasteiger partial charge in [-0.05, 0) is 62.8 Å². The van der Waals surface area contributed by atoms with Crippen LogP contribution in [0.4, 0.5) is 0 Å². The molecule has 256 valence electrons. The van der Waals surface area contributed by atoms with Gasteiger partial charge in [-0.15, -0.1) is 0 Å². The second-order valence-electron chi connectivity index (χ2n) is 14.2. The van der Waals surface area contributed by atoms with E-state index in [-0.39, 0.29) is 0 Å². The minimum Gasteiger partial charge on any atom is -0.308 e. The number of aromatic nitrogens is 3. The molecule has 3 nitrogen and oxygen atoms in total. The quantitative estimate of drug-likeness (QED) is 0.179. The summed E-state index contributed by atoms with van der Waals surface area (Å²) in [6.45, 7) is 0. The molecule has 0 amide bonds. The molecule has 9 aromatic carbocycles. The molecule has 0 saturated carbocycles. The van der Waals surface area contributed by atoms with E-state index in [0.717, 1.165) is 55.7 Å². The molecule has 0 unspecified atom stereocenters. The zero-order valence-corrected chi connectivity index (χ0v) is 29.9. The Morgan fingerprint density at radius 3 is 1.51 bits per heavy atom. The molecule has 3 heteroatoms. The van der Waals surface area contributed by atoms with Crippen molar-refractivity contribution in [1.82, 2.24) is 14.5 Å². The molecule has 0 aliphatic rings. The van der Waals surface area contributed by atoms with Gasteiger partial charge in [-0.3, -0.25) is 0 Å². The zero-order chi connectivity index (χ0) is 36.3. The lowest BCUT2D eigenvalue weighted by atomic mass is 9.93. The van der Waals surface area contributed by atoms with Gasteiger partial charge in [-0.25, -0.2) is 9.97 Å². The van der Waals surface area contributed by atoms with Crippen LogP contribution in [0, 0.1) is 0 Å². The highest BCUT2D eigenvalue weighted by molar-refractivity contribution is 6.24. The Balaban J connectivity index is 1.29. The van der Waals surface area contributed by atoms with Crippen LogP contribution in [-0.2, 0) is 0 Å². The summed E-state index contributed by atoms with van der Waals surface area (Å²) in [5.74, 6) is 0.694. The predicted molar refractivity (Wildman–Crippen MR) is 231 cm³/mol. The van der Waals surface area contributed by atoms with Crippen LogP contribution in [0.3, 0.4) is 0 Å². The van der Waals surface area contributed by atoms with Gasteiger partial charge in [0.2, 0.25) is 0 Å². The van der Waals surface area contributed by atoms with Gasteiger partial charge in [0.05, 0.1) is 28.1 Å². The van der Waals surface area contributed by atoms with Gasteiger partial charge in [-0.2, -0.15) is 0 Å². The van der Waals surface area contributed by atoms with Gasteiger partial charge >= 0.3 is 0 Å². The Labute approximate surface area is 318 Å². The maximum atomic E-state index is 5.33. The molecule has 2 aromatic heterocycles. The van der Waals surface area contributed by atoms with Crippen LogP contribution in [-0.4, -0.2) is 14.5 Å². The van der Waals surface area contributed by atoms with Crippen molar-refractivity contribution in [2.24, 2.45) is 0 Å². The average molecular weight is 700 g/mol. The van der Waals surface area contributed by atoms with Gasteiger partial charge in [0.15, 0.2) is 5.82 Å². The maximum absolute atomic E-state index is 5.33. The number of benzene rings is 9. The van der Waals surface area contributed by atoms with Crippen LogP contribution in [0.15, 0.2) is 200 Å². The van der Waals surface area contributed by atoms with Crippen molar-refractivity contribution in [2.45, 2.75) is 0 Å². The molecule has 0 bridgehead atoms. The van der Waals surface area contributed by atoms with Crippen molar-refractivity contribution < 1.29 is 0 Å². The lowest BCUT2D eigenvalue weighted by Crippen LogP contribution is -2.02. The summed E-state index contributed by atoms with van der Waals surface area (Å²) in [5, 5.41) is 9.66. The second-order valence-corrected chi connectivity index (χ2v) is 14.2. The molecule has 0 aliphatic carbocycles. The summed E-state index contributed by atoms with van der Waals surface area (Å²) in [6.07, 6.45) is 0. The number of hydrogen-bond acceptors (Lipinski definition) is 2. The van der Waals surface area contributed by atoms with Crippen molar-refractivity contribution >= 4 is 54.1 Å². The Bertz CT molecular complexity index is 3180. The van der Waals surface area contributed by atoms with Gasteiger partial charge in [-0.1, -0.05) is 170 Å². The third kappa shape index (κ3) is 5.13.